The molecule has 0 atom stereocenters. The van der Waals surface area contributed by atoms with Gasteiger partial charge in [0.15, 0.2) is 5.17 Å². The molecule has 0 radical (unpaired) electrons. The van der Waals surface area contributed by atoms with Crippen molar-refractivity contribution in [3.63, 3.8) is 0 Å². The molecule has 254 valence electrons. The molecule has 0 spiro atoms. The number of hydrogen-bond donors (Lipinski definition) is 3. The van der Waals surface area contributed by atoms with Crippen molar-refractivity contribution in [1.29, 1.82) is 5.26 Å². The van der Waals surface area contributed by atoms with Crippen molar-refractivity contribution in [2.75, 3.05) is 25.9 Å². The van der Waals surface area contributed by atoms with Crippen molar-refractivity contribution in [3.8, 4) is 39.8 Å². The summed E-state index contributed by atoms with van der Waals surface area (Å²) in [4.78, 5) is 9.50. The molecule has 0 saturated carbocycles. The number of rotatable bonds is 12. The summed E-state index contributed by atoms with van der Waals surface area (Å²) in [6.45, 7) is 7.22. The van der Waals surface area contributed by atoms with Crippen LogP contribution in [0.3, 0.4) is 0 Å². The average molecular weight is 703 g/mol. The number of nitriles is 1. The number of ether oxygens (including phenoxy) is 1. The van der Waals surface area contributed by atoms with Gasteiger partial charge in [-0.2, -0.15) is 18.4 Å². The van der Waals surface area contributed by atoms with Crippen molar-refractivity contribution in [2.24, 2.45) is 10.9 Å². The zero-order chi connectivity index (χ0) is 34.6. The number of piperidine rings is 1. The molecule has 5 rings (SSSR count). The van der Waals surface area contributed by atoms with Gasteiger partial charge in [0.05, 0.1) is 16.8 Å². The second kappa shape index (κ2) is 17.4. The SMILES string of the molecule is C=CN=C(NSc1ccc(Oc2ccc(-c3cccc(C(F)(F)F)c3)cc2-c2ccnc(CNCCC3CCNCC3)c2)c(C#N)c1)SC. The predicted octanol–water partition coefficient (Wildman–Crippen LogP) is 9.04. The summed E-state index contributed by atoms with van der Waals surface area (Å²) in [6.07, 6.45) is 4.08. The monoisotopic (exact) mass is 702 g/mol. The fraction of sp³-hybridized carbons (Fsp3) is 0.270. The van der Waals surface area contributed by atoms with Crippen LogP contribution in [0.5, 0.6) is 11.5 Å². The van der Waals surface area contributed by atoms with Crippen LogP contribution in [-0.2, 0) is 12.7 Å². The Labute approximate surface area is 293 Å². The summed E-state index contributed by atoms with van der Waals surface area (Å²) in [5.41, 5.74) is 2.88. The Hall–Kier alpha value is -4.28. The van der Waals surface area contributed by atoms with E-state index in [1.807, 2.05) is 30.5 Å². The normalized spacial score (nSPS) is 13.9. The van der Waals surface area contributed by atoms with Crippen molar-refractivity contribution in [3.05, 3.63) is 109 Å². The maximum Gasteiger partial charge on any atom is 0.416 e. The van der Waals surface area contributed by atoms with Gasteiger partial charge in [-0.05, 0) is 134 Å². The van der Waals surface area contributed by atoms with Gasteiger partial charge in [-0.15, -0.1) is 0 Å². The summed E-state index contributed by atoms with van der Waals surface area (Å²) in [7, 11) is 0. The standard InChI is InChI=1S/C37H37F3N6OS2/c1-3-44-36(48-2)46-49-32-8-10-34(29(21-32)23-41)47-35-9-7-27(26-5-4-6-30(19-26)37(38,39)40)22-33(35)28-14-18-45-31(20-28)24-43-17-13-25-11-15-42-16-12-25/h3-10,14,18-22,25,42-43H,1,11-13,15-17,24H2,2H3,(H,44,46). The summed E-state index contributed by atoms with van der Waals surface area (Å²) in [5, 5.41) is 17.6. The van der Waals surface area contributed by atoms with Gasteiger partial charge in [-0.1, -0.05) is 36.5 Å². The minimum atomic E-state index is -4.47. The third-order valence-electron chi connectivity index (χ3n) is 8.07. The van der Waals surface area contributed by atoms with Crippen molar-refractivity contribution < 1.29 is 17.9 Å². The highest BCUT2D eigenvalue weighted by atomic mass is 32.2. The number of aliphatic imine (C=N–C) groups is 1. The lowest BCUT2D eigenvalue weighted by Gasteiger charge is -2.22. The maximum absolute atomic E-state index is 13.6. The van der Waals surface area contributed by atoms with Gasteiger partial charge in [0, 0.05) is 29.4 Å². The summed E-state index contributed by atoms with van der Waals surface area (Å²) < 4.78 is 50.2. The van der Waals surface area contributed by atoms with Crippen LogP contribution >= 0.6 is 23.7 Å². The molecule has 0 aliphatic carbocycles. The highest BCUT2D eigenvalue weighted by Crippen LogP contribution is 2.39. The smallest absolute Gasteiger partial charge is 0.416 e. The molecule has 49 heavy (non-hydrogen) atoms. The first kappa shape index (κ1) is 36.0. The van der Waals surface area contributed by atoms with Gasteiger partial charge in [-0.3, -0.25) is 4.98 Å². The molecule has 0 unspecified atom stereocenters. The summed E-state index contributed by atoms with van der Waals surface area (Å²) in [5.74, 6) is 1.51. The number of alkyl halides is 3. The molecule has 2 heterocycles. The number of hydrogen-bond acceptors (Lipinski definition) is 8. The van der Waals surface area contributed by atoms with Gasteiger partial charge >= 0.3 is 6.18 Å². The molecule has 4 aromatic rings. The summed E-state index contributed by atoms with van der Waals surface area (Å²) >= 11 is 2.74. The molecular weight excluding hydrogens is 666 g/mol. The van der Waals surface area contributed by atoms with Gasteiger partial charge in [0.1, 0.15) is 17.6 Å². The van der Waals surface area contributed by atoms with Crippen LogP contribution in [-0.4, -0.2) is 36.0 Å². The van der Waals surface area contributed by atoms with Crippen LogP contribution < -0.4 is 20.1 Å². The molecule has 1 saturated heterocycles. The number of halogens is 3. The van der Waals surface area contributed by atoms with E-state index in [1.165, 1.54) is 48.8 Å². The number of aromatic nitrogens is 1. The average Bonchev–Trinajstić information content (AvgIpc) is 3.12. The van der Waals surface area contributed by atoms with E-state index in [0.717, 1.165) is 54.3 Å². The fourth-order valence-corrected chi connectivity index (χ4v) is 6.72. The quantitative estimate of drug-likeness (QED) is 0.0583. The van der Waals surface area contributed by atoms with E-state index in [1.54, 1.807) is 36.5 Å². The molecule has 0 bridgehead atoms. The lowest BCUT2D eigenvalue weighted by molar-refractivity contribution is -0.137. The lowest BCUT2D eigenvalue weighted by Crippen LogP contribution is -2.29. The Kier molecular flexibility index (Phi) is 12.8. The molecule has 3 N–H and O–H groups in total. The first-order valence-electron chi connectivity index (χ1n) is 15.8. The third-order valence-corrected chi connectivity index (χ3v) is 9.58. The molecule has 1 aliphatic rings. The van der Waals surface area contributed by atoms with Gasteiger partial charge < -0.3 is 20.1 Å². The molecule has 1 aliphatic heterocycles. The second-order valence-electron chi connectivity index (χ2n) is 11.4. The van der Waals surface area contributed by atoms with E-state index in [2.05, 4.69) is 38.0 Å². The Morgan fingerprint density at radius 3 is 2.61 bits per heavy atom. The topological polar surface area (TPSA) is 94.4 Å². The predicted molar refractivity (Wildman–Crippen MR) is 193 cm³/mol. The van der Waals surface area contributed by atoms with E-state index >= 15 is 0 Å². The molecular formula is C37H37F3N6OS2. The van der Waals surface area contributed by atoms with Crippen LogP contribution in [0.25, 0.3) is 22.3 Å². The van der Waals surface area contributed by atoms with Crippen molar-refractivity contribution in [2.45, 2.75) is 36.9 Å². The van der Waals surface area contributed by atoms with Gasteiger partial charge in [-0.25, -0.2) is 4.99 Å². The number of pyridine rings is 1. The van der Waals surface area contributed by atoms with E-state index in [4.69, 9.17) is 4.74 Å². The molecule has 7 nitrogen and oxygen atoms in total. The largest absolute Gasteiger partial charge is 0.455 e. The third kappa shape index (κ3) is 10.1. The minimum Gasteiger partial charge on any atom is -0.455 e. The number of nitrogens with zero attached hydrogens (tertiary/aromatic N) is 3. The Balaban J connectivity index is 1.43. The summed E-state index contributed by atoms with van der Waals surface area (Å²) in [6, 6.07) is 21.8. The number of nitrogens with one attached hydrogen (secondary N) is 3. The number of thioether (sulfide) groups is 1. The maximum atomic E-state index is 13.6. The highest BCUT2D eigenvalue weighted by Gasteiger charge is 2.30. The molecule has 1 fully saturated rings. The number of amidine groups is 1. The van der Waals surface area contributed by atoms with E-state index < -0.39 is 11.7 Å². The van der Waals surface area contributed by atoms with Crippen molar-refractivity contribution in [1.82, 2.24) is 20.3 Å². The van der Waals surface area contributed by atoms with E-state index in [0.29, 0.717) is 51.4 Å². The zero-order valence-electron chi connectivity index (χ0n) is 27.0. The van der Waals surface area contributed by atoms with Gasteiger partial charge in [0.2, 0.25) is 0 Å². The minimum absolute atomic E-state index is 0.319. The van der Waals surface area contributed by atoms with E-state index in [9.17, 15) is 18.4 Å². The molecule has 1 aromatic heterocycles. The van der Waals surface area contributed by atoms with Crippen molar-refractivity contribution >= 4 is 28.9 Å². The van der Waals surface area contributed by atoms with Gasteiger partial charge in [0.25, 0.3) is 0 Å². The first-order valence-corrected chi connectivity index (χ1v) is 17.9. The van der Waals surface area contributed by atoms with Crippen LogP contribution in [0, 0.1) is 17.2 Å². The fourth-order valence-electron chi connectivity index (χ4n) is 5.51. The Bertz CT molecular complexity index is 1820. The highest BCUT2D eigenvalue weighted by molar-refractivity contribution is 8.14. The number of benzene rings is 3. The molecule has 12 heteroatoms. The van der Waals surface area contributed by atoms with Crippen LogP contribution in [0.1, 0.15) is 36.1 Å². The second-order valence-corrected chi connectivity index (χ2v) is 13.1. The molecule has 0 amide bonds. The Morgan fingerprint density at radius 1 is 1.06 bits per heavy atom. The van der Waals surface area contributed by atoms with Crippen LogP contribution in [0.15, 0.2) is 102 Å². The van der Waals surface area contributed by atoms with Crippen LogP contribution in [0.2, 0.25) is 0 Å². The first-order chi connectivity index (χ1) is 23.8. The molecule has 3 aromatic carbocycles. The lowest BCUT2D eigenvalue weighted by atomic mass is 9.95. The Morgan fingerprint density at radius 2 is 1.86 bits per heavy atom. The zero-order valence-corrected chi connectivity index (χ0v) is 28.7. The van der Waals surface area contributed by atoms with E-state index in [-0.39, 0.29) is 0 Å². The van der Waals surface area contributed by atoms with Crippen LogP contribution in [0.4, 0.5) is 13.2 Å².